The van der Waals surface area contributed by atoms with E-state index in [1.54, 1.807) is 0 Å². The quantitative estimate of drug-likeness (QED) is 0.826. The van der Waals surface area contributed by atoms with Crippen molar-refractivity contribution in [1.82, 2.24) is 4.90 Å². The summed E-state index contributed by atoms with van der Waals surface area (Å²) in [6, 6.07) is 11.4. The van der Waals surface area contributed by atoms with Crippen molar-refractivity contribution >= 4 is 0 Å². The molecule has 0 saturated carbocycles. The molecule has 0 aromatic heterocycles. The lowest BCUT2D eigenvalue weighted by Gasteiger charge is -2.35. The molecule has 2 unspecified atom stereocenters. The standard InChI is InChI=1S/C14H24N2/c1-5-13(16(4)11(2)3)14(15)12-9-7-6-8-10-12/h6-11,13-14H,5,15H2,1-4H3. The average Bonchev–Trinajstić information content (AvgIpc) is 2.30. The molecule has 16 heavy (non-hydrogen) atoms. The second-order valence-electron chi connectivity index (χ2n) is 4.67. The van der Waals surface area contributed by atoms with Gasteiger partial charge in [0.05, 0.1) is 0 Å². The van der Waals surface area contributed by atoms with Crippen LogP contribution >= 0.6 is 0 Å². The molecule has 0 heterocycles. The van der Waals surface area contributed by atoms with Crippen LogP contribution in [0.2, 0.25) is 0 Å². The minimum atomic E-state index is 0.0959. The predicted octanol–water partition coefficient (Wildman–Crippen LogP) is 2.81. The van der Waals surface area contributed by atoms with Crippen molar-refractivity contribution in [3.63, 3.8) is 0 Å². The van der Waals surface area contributed by atoms with Gasteiger partial charge in [0.2, 0.25) is 0 Å². The van der Waals surface area contributed by atoms with Crippen LogP contribution in [0.15, 0.2) is 30.3 Å². The maximum absolute atomic E-state index is 6.35. The Hall–Kier alpha value is -0.860. The van der Waals surface area contributed by atoms with Crippen molar-refractivity contribution in [3.8, 4) is 0 Å². The Balaban J connectivity index is 2.81. The van der Waals surface area contributed by atoms with Gasteiger partial charge in [0.1, 0.15) is 0 Å². The molecule has 0 aliphatic rings. The smallest absolute Gasteiger partial charge is 0.0452 e. The summed E-state index contributed by atoms with van der Waals surface area (Å²) >= 11 is 0. The van der Waals surface area contributed by atoms with E-state index in [1.165, 1.54) is 5.56 Å². The van der Waals surface area contributed by atoms with Gasteiger partial charge >= 0.3 is 0 Å². The van der Waals surface area contributed by atoms with Crippen LogP contribution in [0.4, 0.5) is 0 Å². The van der Waals surface area contributed by atoms with E-state index in [4.69, 9.17) is 5.73 Å². The summed E-state index contributed by atoms with van der Waals surface area (Å²) < 4.78 is 0. The normalized spacial score (nSPS) is 15.4. The number of benzene rings is 1. The van der Waals surface area contributed by atoms with E-state index in [2.05, 4.69) is 57.0 Å². The summed E-state index contributed by atoms with van der Waals surface area (Å²) in [5.41, 5.74) is 7.57. The van der Waals surface area contributed by atoms with Crippen LogP contribution < -0.4 is 5.73 Å². The van der Waals surface area contributed by atoms with E-state index in [1.807, 2.05) is 6.07 Å². The third kappa shape index (κ3) is 3.06. The zero-order valence-electron chi connectivity index (χ0n) is 10.9. The number of nitrogens with zero attached hydrogens (tertiary/aromatic N) is 1. The van der Waals surface area contributed by atoms with E-state index in [-0.39, 0.29) is 6.04 Å². The topological polar surface area (TPSA) is 29.3 Å². The molecule has 1 aromatic carbocycles. The van der Waals surface area contributed by atoms with E-state index in [0.717, 1.165) is 6.42 Å². The zero-order valence-corrected chi connectivity index (χ0v) is 10.9. The molecule has 0 bridgehead atoms. The fraction of sp³-hybridized carbons (Fsp3) is 0.571. The second kappa shape index (κ2) is 6.02. The van der Waals surface area contributed by atoms with Gasteiger partial charge in [-0.15, -0.1) is 0 Å². The SMILES string of the molecule is CCC(C(N)c1ccccc1)N(C)C(C)C. The largest absolute Gasteiger partial charge is 0.323 e. The Morgan fingerprint density at radius 3 is 2.19 bits per heavy atom. The van der Waals surface area contributed by atoms with Crippen molar-refractivity contribution < 1.29 is 0 Å². The summed E-state index contributed by atoms with van der Waals surface area (Å²) in [4.78, 5) is 2.36. The molecule has 0 aliphatic carbocycles. The summed E-state index contributed by atoms with van der Waals surface area (Å²) in [6.07, 6.45) is 1.07. The minimum absolute atomic E-state index is 0.0959. The highest BCUT2D eigenvalue weighted by Gasteiger charge is 2.23. The van der Waals surface area contributed by atoms with Crippen LogP contribution in [0.1, 0.15) is 38.8 Å². The molecule has 0 amide bonds. The average molecular weight is 220 g/mol. The lowest BCUT2D eigenvalue weighted by molar-refractivity contribution is 0.165. The highest BCUT2D eigenvalue weighted by atomic mass is 15.2. The van der Waals surface area contributed by atoms with E-state index in [9.17, 15) is 0 Å². The monoisotopic (exact) mass is 220 g/mol. The van der Waals surface area contributed by atoms with Gasteiger partial charge in [-0.3, -0.25) is 4.90 Å². The number of nitrogens with two attached hydrogens (primary N) is 1. The van der Waals surface area contributed by atoms with Gasteiger partial charge < -0.3 is 5.73 Å². The van der Waals surface area contributed by atoms with Crippen molar-refractivity contribution in [2.75, 3.05) is 7.05 Å². The Morgan fingerprint density at radius 2 is 1.75 bits per heavy atom. The molecular formula is C14H24N2. The van der Waals surface area contributed by atoms with Gasteiger partial charge in [0.25, 0.3) is 0 Å². The van der Waals surface area contributed by atoms with Gasteiger partial charge in [0.15, 0.2) is 0 Å². The summed E-state index contributed by atoms with van der Waals surface area (Å²) in [5, 5.41) is 0. The molecule has 0 saturated heterocycles. The molecule has 2 heteroatoms. The van der Waals surface area contributed by atoms with Gasteiger partial charge in [0, 0.05) is 18.1 Å². The van der Waals surface area contributed by atoms with E-state index < -0.39 is 0 Å². The molecule has 0 fully saturated rings. The third-order valence-corrected chi connectivity index (χ3v) is 3.35. The Labute approximate surface area is 99.5 Å². The summed E-state index contributed by atoms with van der Waals surface area (Å²) in [7, 11) is 2.15. The fourth-order valence-electron chi connectivity index (χ4n) is 2.08. The summed E-state index contributed by atoms with van der Waals surface area (Å²) in [5.74, 6) is 0. The maximum Gasteiger partial charge on any atom is 0.0452 e. The first kappa shape index (κ1) is 13.2. The highest BCUT2D eigenvalue weighted by molar-refractivity contribution is 5.20. The van der Waals surface area contributed by atoms with Gasteiger partial charge in [-0.2, -0.15) is 0 Å². The molecular weight excluding hydrogens is 196 g/mol. The van der Waals surface area contributed by atoms with Crippen LogP contribution in [0.5, 0.6) is 0 Å². The Morgan fingerprint density at radius 1 is 1.19 bits per heavy atom. The van der Waals surface area contributed by atoms with E-state index in [0.29, 0.717) is 12.1 Å². The van der Waals surface area contributed by atoms with Crippen molar-refractivity contribution in [2.45, 2.75) is 45.3 Å². The van der Waals surface area contributed by atoms with Crippen LogP contribution in [0.3, 0.4) is 0 Å². The second-order valence-corrected chi connectivity index (χ2v) is 4.67. The van der Waals surface area contributed by atoms with Gasteiger partial charge in [-0.25, -0.2) is 0 Å². The summed E-state index contributed by atoms with van der Waals surface area (Å²) in [6.45, 7) is 6.62. The van der Waals surface area contributed by atoms with Crippen LogP contribution in [-0.2, 0) is 0 Å². The maximum atomic E-state index is 6.35. The molecule has 1 aromatic rings. The number of hydrogen-bond acceptors (Lipinski definition) is 2. The third-order valence-electron chi connectivity index (χ3n) is 3.35. The predicted molar refractivity (Wildman–Crippen MR) is 70.3 cm³/mol. The molecule has 2 atom stereocenters. The molecule has 0 radical (unpaired) electrons. The highest BCUT2D eigenvalue weighted by Crippen LogP contribution is 2.21. The first-order valence-electron chi connectivity index (χ1n) is 6.10. The lowest BCUT2D eigenvalue weighted by atomic mass is 9.96. The lowest BCUT2D eigenvalue weighted by Crippen LogP contribution is -2.43. The van der Waals surface area contributed by atoms with Crippen LogP contribution in [-0.4, -0.2) is 24.0 Å². The number of hydrogen-bond donors (Lipinski definition) is 1. The molecule has 2 N–H and O–H groups in total. The molecule has 0 spiro atoms. The Kier molecular flexibility index (Phi) is 4.97. The number of rotatable bonds is 5. The van der Waals surface area contributed by atoms with Gasteiger partial charge in [-0.1, -0.05) is 37.3 Å². The molecule has 0 aliphatic heterocycles. The number of likely N-dealkylation sites (N-methyl/N-ethyl adjacent to an activating group) is 1. The van der Waals surface area contributed by atoms with Crippen LogP contribution in [0.25, 0.3) is 0 Å². The molecule has 2 nitrogen and oxygen atoms in total. The van der Waals surface area contributed by atoms with E-state index >= 15 is 0 Å². The van der Waals surface area contributed by atoms with Crippen molar-refractivity contribution in [3.05, 3.63) is 35.9 Å². The van der Waals surface area contributed by atoms with Crippen molar-refractivity contribution in [1.29, 1.82) is 0 Å². The fourth-order valence-corrected chi connectivity index (χ4v) is 2.08. The first-order chi connectivity index (χ1) is 7.57. The molecule has 1 rings (SSSR count). The minimum Gasteiger partial charge on any atom is -0.323 e. The molecule has 90 valence electrons. The van der Waals surface area contributed by atoms with Crippen LogP contribution in [0, 0.1) is 0 Å². The first-order valence-corrected chi connectivity index (χ1v) is 6.10. The van der Waals surface area contributed by atoms with Gasteiger partial charge in [-0.05, 0) is 32.9 Å². The van der Waals surface area contributed by atoms with Crippen molar-refractivity contribution in [2.24, 2.45) is 5.73 Å². The zero-order chi connectivity index (χ0) is 12.1. The Bertz CT molecular complexity index is 295.